The van der Waals surface area contributed by atoms with Gasteiger partial charge in [0.1, 0.15) is 30.8 Å². The number of amides is 2. The molecule has 5 N–H and O–H groups in total. The molecule has 40 heavy (non-hydrogen) atoms. The number of ether oxygens (including phenoxy) is 2. The number of aliphatic hydroxyl groups excluding tert-OH is 2. The van der Waals surface area contributed by atoms with E-state index in [4.69, 9.17) is 15.2 Å². The number of carbonyl (C=O) groups is 2. The number of anilines is 1. The van der Waals surface area contributed by atoms with Gasteiger partial charge in [0.05, 0.1) is 12.9 Å². The first-order chi connectivity index (χ1) is 19.4. The number of nitrogens with two attached hydrogens (primary N) is 1. The predicted octanol–water partition coefficient (Wildman–Crippen LogP) is 0.974. The largest absolute Gasteiger partial charge is 0.445 e. The Hall–Kier alpha value is -3.81. The zero-order valence-electron chi connectivity index (χ0n) is 22.2. The van der Waals surface area contributed by atoms with Crippen molar-refractivity contribution in [2.24, 2.45) is 5.92 Å². The standard InChI is InChI=1S/C27H35N7O6/c28-24-22-25(34(15-29-22)16-40-23(20(36)13-35)26(37)30-19-6-7-19)32-21(31-24)12-17-8-10-33(11-9-17)27(38)39-14-18-4-2-1-3-5-18/h1-5,15,17,19-20,23,35-36H,6-14,16H2,(H,30,37)(H2,28,31,32)/t20?,23-/m0/s1. The smallest absolute Gasteiger partial charge is 0.410 e. The molecular formula is C27H35N7O6. The number of nitrogens with one attached hydrogen (secondary N) is 1. The molecule has 2 atom stereocenters. The van der Waals surface area contributed by atoms with Gasteiger partial charge in [0.2, 0.25) is 0 Å². The first-order valence-electron chi connectivity index (χ1n) is 13.5. The average Bonchev–Trinajstić information content (AvgIpc) is 3.69. The van der Waals surface area contributed by atoms with Gasteiger partial charge in [0.15, 0.2) is 17.6 Å². The van der Waals surface area contributed by atoms with E-state index in [2.05, 4.69) is 20.3 Å². The summed E-state index contributed by atoms with van der Waals surface area (Å²) in [4.78, 5) is 40.1. The Balaban J connectivity index is 1.17. The summed E-state index contributed by atoms with van der Waals surface area (Å²) in [5.74, 6) is 0.575. The van der Waals surface area contributed by atoms with Gasteiger partial charge >= 0.3 is 6.09 Å². The van der Waals surface area contributed by atoms with Gasteiger partial charge in [0.25, 0.3) is 5.91 Å². The Morgan fingerprint density at radius 2 is 1.88 bits per heavy atom. The van der Waals surface area contributed by atoms with E-state index in [0.29, 0.717) is 36.5 Å². The normalized spacial score (nSPS) is 17.5. The number of nitrogen functional groups attached to an aromatic ring is 1. The van der Waals surface area contributed by atoms with Gasteiger partial charge < -0.3 is 35.6 Å². The van der Waals surface area contributed by atoms with Crippen LogP contribution in [0.25, 0.3) is 11.2 Å². The second-order valence-corrected chi connectivity index (χ2v) is 10.3. The Morgan fingerprint density at radius 1 is 1.12 bits per heavy atom. The number of aliphatic hydroxyl groups is 2. The number of nitrogens with zero attached hydrogens (tertiary/aromatic N) is 5. The van der Waals surface area contributed by atoms with Crippen LogP contribution >= 0.6 is 0 Å². The van der Waals surface area contributed by atoms with Crippen LogP contribution in [0, 0.1) is 5.92 Å². The first kappa shape index (κ1) is 27.7. The molecule has 1 saturated heterocycles. The molecule has 2 amide bonds. The Kier molecular flexibility index (Phi) is 8.72. The fourth-order valence-electron chi connectivity index (χ4n) is 4.72. The highest BCUT2D eigenvalue weighted by Crippen LogP contribution is 2.24. The molecule has 2 fully saturated rings. The molecule has 3 heterocycles. The third-order valence-corrected chi connectivity index (χ3v) is 7.20. The van der Waals surface area contributed by atoms with Gasteiger partial charge in [-0.1, -0.05) is 30.3 Å². The van der Waals surface area contributed by atoms with Gasteiger partial charge in [-0.05, 0) is 37.2 Å². The maximum absolute atomic E-state index is 12.5. The quantitative estimate of drug-likeness (QED) is 0.267. The van der Waals surface area contributed by atoms with Gasteiger partial charge in [-0.3, -0.25) is 9.36 Å². The molecule has 1 unspecified atom stereocenters. The molecule has 13 heteroatoms. The van der Waals surface area contributed by atoms with Crippen molar-refractivity contribution in [3.63, 3.8) is 0 Å². The van der Waals surface area contributed by atoms with Crippen molar-refractivity contribution in [3.05, 3.63) is 48.0 Å². The van der Waals surface area contributed by atoms with Crippen molar-refractivity contribution >= 4 is 29.0 Å². The van der Waals surface area contributed by atoms with E-state index >= 15 is 0 Å². The summed E-state index contributed by atoms with van der Waals surface area (Å²) in [7, 11) is 0. The van der Waals surface area contributed by atoms with E-state index in [1.54, 1.807) is 9.47 Å². The zero-order chi connectivity index (χ0) is 28.1. The number of rotatable bonds is 11. The van der Waals surface area contributed by atoms with Crippen LogP contribution in [0.2, 0.25) is 0 Å². The first-order valence-corrected chi connectivity index (χ1v) is 13.5. The van der Waals surface area contributed by atoms with Crippen LogP contribution in [0.1, 0.15) is 37.1 Å². The lowest BCUT2D eigenvalue weighted by Crippen LogP contribution is -2.46. The molecule has 13 nitrogen and oxygen atoms in total. The molecule has 1 aliphatic carbocycles. The van der Waals surface area contributed by atoms with Crippen LogP contribution in [-0.4, -0.2) is 84.6 Å². The Morgan fingerprint density at radius 3 is 2.58 bits per heavy atom. The molecule has 0 spiro atoms. The van der Waals surface area contributed by atoms with Crippen molar-refractivity contribution in [1.82, 2.24) is 29.7 Å². The highest BCUT2D eigenvalue weighted by atomic mass is 16.6. The fraction of sp³-hybridized carbons (Fsp3) is 0.519. The van der Waals surface area contributed by atoms with E-state index in [9.17, 15) is 19.8 Å². The van der Waals surface area contributed by atoms with Crippen LogP contribution in [-0.2, 0) is 34.0 Å². The minimum absolute atomic E-state index is 0.0838. The lowest BCUT2D eigenvalue weighted by atomic mass is 9.93. The third kappa shape index (κ3) is 6.84. The molecule has 0 radical (unpaired) electrons. The van der Waals surface area contributed by atoms with Crippen LogP contribution in [0.5, 0.6) is 0 Å². The molecule has 214 valence electrons. The van der Waals surface area contributed by atoms with Crippen molar-refractivity contribution in [2.45, 2.75) is 63.7 Å². The summed E-state index contributed by atoms with van der Waals surface area (Å²) in [5, 5.41) is 22.3. The zero-order valence-corrected chi connectivity index (χ0v) is 22.2. The van der Waals surface area contributed by atoms with E-state index in [1.165, 1.54) is 6.33 Å². The van der Waals surface area contributed by atoms with Gasteiger partial charge in [-0.25, -0.2) is 19.7 Å². The van der Waals surface area contributed by atoms with Crippen LogP contribution < -0.4 is 11.1 Å². The van der Waals surface area contributed by atoms with Crippen molar-refractivity contribution in [3.8, 4) is 0 Å². The predicted molar refractivity (Wildman–Crippen MR) is 143 cm³/mol. The number of piperidine rings is 1. The minimum Gasteiger partial charge on any atom is -0.445 e. The van der Waals surface area contributed by atoms with Gasteiger partial charge in [-0.2, -0.15) is 0 Å². The van der Waals surface area contributed by atoms with Crippen molar-refractivity contribution in [2.75, 3.05) is 25.4 Å². The van der Waals surface area contributed by atoms with Crippen molar-refractivity contribution in [1.29, 1.82) is 0 Å². The number of fused-ring (bicyclic) bond motifs is 1. The lowest BCUT2D eigenvalue weighted by molar-refractivity contribution is -0.147. The molecular weight excluding hydrogens is 518 g/mol. The molecule has 5 rings (SSSR count). The second kappa shape index (κ2) is 12.6. The maximum atomic E-state index is 12.5. The average molecular weight is 554 g/mol. The van der Waals surface area contributed by atoms with Crippen molar-refractivity contribution < 1.29 is 29.3 Å². The molecule has 1 aliphatic heterocycles. The summed E-state index contributed by atoms with van der Waals surface area (Å²) < 4.78 is 12.7. The fourth-order valence-corrected chi connectivity index (χ4v) is 4.72. The molecule has 2 aromatic heterocycles. The van der Waals surface area contributed by atoms with E-state index in [0.717, 1.165) is 31.2 Å². The third-order valence-electron chi connectivity index (χ3n) is 7.20. The molecule has 1 aromatic carbocycles. The summed E-state index contributed by atoms with van der Waals surface area (Å²) in [6, 6.07) is 9.66. The monoisotopic (exact) mass is 553 g/mol. The maximum Gasteiger partial charge on any atom is 0.410 e. The number of hydrogen-bond acceptors (Lipinski definition) is 10. The summed E-state index contributed by atoms with van der Waals surface area (Å²) in [6.07, 6.45) is 2.46. The molecule has 1 saturated carbocycles. The number of hydrogen-bond donors (Lipinski definition) is 4. The topological polar surface area (TPSA) is 178 Å². The summed E-state index contributed by atoms with van der Waals surface area (Å²) in [6.45, 7) is 0.666. The second-order valence-electron chi connectivity index (χ2n) is 10.3. The minimum atomic E-state index is -1.37. The van der Waals surface area contributed by atoms with E-state index in [1.807, 2.05) is 30.3 Å². The number of carbonyl (C=O) groups excluding carboxylic acids is 2. The number of aromatic nitrogens is 4. The van der Waals surface area contributed by atoms with Crippen LogP contribution in [0.15, 0.2) is 36.7 Å². The number of benzene rings is 1. The van der Waals surface area contributed by atoms with E-state index < -0.39 is 24.7 Å². The number of imidazole rings is 1. The molecule has 2 aliphatic rings. The highest BCUT2D eigenvalue weighted by molar-refractivity contribution is 5.82. The molecule has 0 bridgehead atoms. The molecule has 3 aromatic rings. The van der Waals surface area contributed by atoms with Gasteiger partial charge in [-0.15, -0.1) is 0 Å². The Bertz CT molecular complexity index is 1310. The SMILES string of the molecule is Nc1nc(CC2CCN(C(=O)OCc3ccccc3)CC2)nc2c1ncn2CO[C@H](C(=O)NC1CC1)C(O)CO. The van der Waals surface area contributed by atoms with Gasteiger partial charge in [0, 0.05) is 25.6 Å². The Labute approximate surface area is 231 Å². The number of likely N-dealkylation sites (tertiary alicyclic amines) is 1. The summed E-state index contributed by atoms with van der Waals surface area (Å²) in [5.41, 5.74) is 7.98. The summed E-state index contributed by atoms with van der Waals surface area (Å²) >= 11 is 0. The van der Waals surface area contributed by atoms with E-state index in [-0.39, 0.29) is 37.2 Å². The van der Waals surface area contributed by atoms with Crippen LogP contribution in [0.3, 0.4) is 0 Å². The lowest BCUT2D eigenvalue weighted by Gasteiger charge is -2.31. The van der Waals surface area contributed by atoms with Crippen LogP contribution in [0.4, 0.5) is 10.6 Å². The highest BCUT2D eigenvalue weighted by Gasteiger charge is 2.32.